The number of fused-ring (bicyclic) bond motifs is 4. The van der Waals surface area contributed by atoms with Crippen molar-refractivity contribution in [2.45, 2.75) is 59.4 Å². The second-order valence-corrected chi connectivity index (χ2v) is 27.5. The van der Waals surface area contributed by atoms with Crippen LogP contribution in [0.25, 0.3) is 66.8 Å². The lowest BCUT2D eigenvalue weighted by molar-refractivity contribution is -0.187. The fraction of sp³-hybridized carbons (Fsp3) is 0.143. The number of halogens is 4. The zero-order chi connectivity index (χ0) is 88.4. The first-order valence-electron chi connectivity index (χ1n) is 38.3. The van der Waals surface area contributed by atoms with Crippen molar-refractivity contribution in [3.63, 3.8) is 0 Å². The molecule has 0 fully saturated rings. The zero-order valence-electron chi connectivity index (χ0n) is 67.4. The van der Waals surface area contributed by atoms with Crippen LogP contribution >= 0.6 is 11.5 Å². The lowest BCUT2D eigenvalue weighted by atomic mass is 10.3. The van der Waals surface area contributed by atoms with Gasteiger partial charge in [-0.3, -0.25) is 24.3 Å². The van der Waals surface area contributed by atoms with Gasteiger partial charge in [0.25, 0.3) is 11.9 Å². The van der Waals surface area contributed by atoms with E-state index in [0.717, 1.165) is 49.3 Å². The molecule has 0 atom stereocenters. The quantitative estimate of drug-likeness (QED) is 0.0347. The van der Waals surface area contributed by atoms with Crippen LogP contribution in [0.1, 0.15) is 42.3 Å². The largest absolute Gasteiger partial charge is 0.482 e. The molecule has 0 unspecified atom stereocenters. The first kappa shape index (κ1) is 85.0. The highest BCUT2D eigenvalue weighted by Crippen LogP contribution is 2.33. The van der Waals surface area contributed by atoms with Gasteiger partial charge < -0.3 is 53.6 Å². The average molecular weight is 1740 g/mol. The van der Waals surface area contributed by atoms with Crippen molar-refractivity contribution < 1.29 is 74.4 Å². The molecular weight excluding hydrogens is 1670 g/mol. The summed E-state index contributed by atoms with van der Waals surface area (Å²) in [6.07, 6.45) is -7.32. The summed E-state index contributed by atoms with van der Waals surface area (Å²) in [4.78, 5) is 82.2. The van der Waals surface area contributed by atoms with Crippen LogP contribution in [0.4, 0.5) is 45.6 Å². The Morgan fingerprint density at radius 1 is 0.425 bits per heavy atom. The van der Waals surface area contributed by atoms with E-state index in [1.807, 2.05) is 121 Å². The number of amides is 4. The summed E-state index contributed by atoms with van der Waals surface area (Å²) in [5.41, 5.74) is 9.07. The van der Waals surface area contributed by atoms with Crippen molar-refractivity contribution in [2.24, 2.45) is 14.1 Å². The van der Waals surface area contributed by atoms with E-state index in [1.54, 1.807) is 108 Å². The van der Waals surface area contributed by atoms with Crippen molar-refractivity contribution in [1.29, 1.82) is 0 Å². The third-order valence-electron chi connectivity index (χ3n) is 17.6. The van der Waals surface area contributed by atoms with Gasteiger partial charge in [-0.25, -0.2) is 47.8 Å². The van der Waals surface area contributed by atoms with Gasteiger partial charge in [0.2, 0.25) is 5.91 Å². The molecule has 43 heteroatoms. The van der Waals surface area contributed by atoms with Crippen LogP contribution in [0.3, 0.4) is 0 Å². The summed E-state index contributed by atoms with van der Waals surface area (Å²) >= 11 is 1.32. The molecule has 0 saturated heterocycles. The number of carbonyl (C=O) groups excluding carboxylic acids is 4. The molecular formula is C84H70F4N26O12S. The van der Waals surface area contributed by atoms with Gasteiger partial charge >= 0.3 is 54.2 Å². The van der Waals surface area contributed by atoms with Crippen molar-refractivity contribution in [3.05, 3.63) is 277 Å². The second kappa shape index (κ2) is 38.8. The van der Waals surface area contributed by atoms with E-state index in [-0.39, 0.29) is 68.1 Å². The number of nitrogens with zero attached hydrogens (tertiary/aromatic N) is 22. The molecule has 0 bridgehead atoms. The van der Waals surface area contributed by atoms with Crippen molar-refractivity contribution in [2.75, 3.05) is 27.9 Å². The first-order chi connectivity index (χ1) is 61.6. The predicted molar refractivity (Wildman–Crippen MR) is 450 cm³/mol. The molecule has 0 radical (unpaired) electrons. The number of para-hydroxylation sites is 10. The van der Waals surface area contributed by atoms with Crippen LogP contribution in [0.15, 0.2) is 253 Å². The molecule has 4 amide bonds. The molecule has 642 valence electrons. The summed E-state index contributed by atoms with van der Waals surface area (Å²) in [5.74, 6) is -1.63. The van der Waals surface area contributed by atoms with Gasteiger partial charge in [-0.15, -0.1) is 0 Å². The van der Waals surface area contributed by atoms with E-state index >= 15 is 0 Å². The Morgan fingerprint density at radius 3 is 1.15 bits per heavy atom. The van der Waals surface area contributed by atoms with E-state index in [9.17, 15) is 36.7 Å². The molecule has 18 aromatic rings. The normalized spacial score (nSPS) is 11.2. The van der Waals surface area contributed by atoms with E-state index in [4.69, 9.17) is 28.2 Å². The molecule has 18 rings (SSSR count). The van der Waals surface area contributed by atoms with E-state index < -0.39 is 30.1 Å². The molecule has 38 nitrogen and oxygen atoms in total. The lowest BCUT2D eigenvalue weighted by Crippen LogP contribution is -2.40. The number of pyridine rings is 4. The van der Waals surface area contributed by atoms with Gasteiger partial charge in [-0.05, 0) is 174 Å². The molecule has 12 heterocycles. The molecule has 4 N–H and O–H groups in total. The number of aryl methyl sites for hydroxylation is 3. The fourth-order valence-electron chi connectivity index (χ4n) is 12.1. The highest BCUT2D eigenvalue weighted by molar-refractivity contribution is 7.08. The maximum Gasteiger partial charge on any atom is 0.482 e. The minimum atomic E-state index is -4.10. The van der Waals surface area contributed by atoms with Gasteiger partial charge in [0, 0.05) is 27.1 Å². The lowest BCUT2D eigenvalue weighted by Gasteiger charge is -2.17. The Balaban J connectivity index is 0.000000131. The third-order valence-corrected chi connectivity index (χ3v) is 18.5. The number of tetrazole rings is 2. The summed E-state index contributed by atoms with van der Waals surface area (Å²) in [6, 6.07) is 69.4. The second-order valence-electron chi connectivity index (χ2n) is 26.8. The Kier molecular flexibility index (Phi) is 26.0. The number of imidazole rings is 4. The monoisotopic (exact) mass is 1740 g/mol. The Bertz CT molecular complexity index is 6870. The van der Waals surface area contributed by atoms with Crippen molar-refractivity contribution in [1.82, 2.24) is 108 Å². The number of benzene rings is 6. The molecule has 12 aromatic heterocycles. The molecule has 0 saturated carbocycles. The van der Waals surface area contributed by atoms with Gasteiger partial charge in [-0.1, -0.05) is 125 Å². The molecule has 127 heavy (non-hydrogen) atoms. The molecule has 0 aliphatic carbocycles. The van der Waals surface area contributed by atoms with Gasteiger partial charge in [-0.2, -0.15) is 41.9 Å². The maximum atomic E-state index is 14.3. The van der Waals surface area contributed by atoms with Crippen LogP contribution in [0, 0.1) is 6.92 Å². The number of rotatable bonds is 27. The third kappa shape index (κ3) is 21.0. The minimum absolute atomic E-state index is 0.0122. The van der Waals surface area contributed by atoms with Crippen LogP contribution in [-0.4, -0.2) is 151 Å². The smallest absolute Gasteiger partial charge is 0.458 e. The first-order valence-corrected chi connectivity index (χ1v) is 39.1. The standard InChI is InChI=1S/C25H19F2N5O3S.C24H17F2N5O4.C18H18N8O3.C17H16N8O2/c1-16-14-22(36-31-16)32-20-12-6-5-11-19(20)29-24(32)34-15-17-8-7-13-21(28-17)30-23(33)25(26,27)35-18-9-3-2-4-10-18;25-24(26,35-17-8-2-1-3-9-17)22(32)29-20-12-6-7-16(27-20)15-33-23-28-18-10-4-5-11-19(18)31(23)21-13-14-34-30-21;1-3-28-18(27)21-15-10-6-7-12(19-15)11-29-17-20-13-8-4-5-9-14(13)26(17)16-22-23-24-25(16)2;1-11(26)18-15-9-5-6-12(19-15)10-27-17-20-13-7-3-4-8-14(13)25(17)16-21-22-23-24(16)2/h2-14H,15H2,1H3,(H,28,30,33);1-14H,15H2,(H,27,29,32);4-10H,3,11H2,1-2H3,(H,19,21,27);3-9H,10H2,1-2H3,(H,18,19,26). The molecule has 0 aliphatic heterocycles. The number of ether oxygens (including phenoxy) is 7. The summed E-state index contributed by atoms with van der Waals surface area (Å²) in [5, 5.41) is 37.4. The number of alkyl halides is 4. The number of hydrogen-bond donors (Lipinski definition) is 4. The van der Waals surface area contributed by atoms with Gasteiger partial charge in [0.05, 0.1) is 79.2 Å². The number of carbonyl (C=O) groups is 4. The predicted octanol–water partition coefficient (Wildman–Crippen LogP) is 13.5. The van der Waals surface area contributed by atoms with E-state index in [2.05, 4.69) is 111 Å². The molecule has 0 spiro atoms. The fourth-order valence-corrected chi connectivity index (χ4v) is 12.9. The van der Waals surface area contributed by atoms with Crippen molar-refractivity contribution >= 4 is 103 Å². The van der Waals surface area contributed by atoms with Crippen LogP contribution < -0.4 is 49.7 Å². The number of aromatic nitrogens is 22. The van der Waals surface area contributed by atoms with Gasteiger partial charge in [0.15, 0.2) is 5.82 Å². The highest BCUT2D eigenvalue weighted by atomic mass is 32.1. The van der Waals surface area contributed by atoms with Crippen LogP contribution in [-0.2, 0) is 59.6 Å². The number of hydrogen-bond acceptors (Lipinski definition) is 29. The Hall–Kier alpha value is -17.0. The SMILES string of the molecule is CC(=O)Nc1cccc(COc2nc3ccccc3n2-c2nnnn2C)n1.CCOC(=O)Nc1cccc(COc2nc3ccccc3n2-c2nnnn2C)n1.Cc1cc(-n2c(OCc3cccc(NC(=O)C(F)(F)Oc4ccccc4)n3)nc3ccccc32)sn1.O=C(Nc1cccc(COc2nc3ccccc3n2-c2ccon2)n1)C(F)(F)Oc1ccccc1. The molecule has 0 aliphatic rings. The van der Waals surface area contributed by atoms with E-state index in [0.29, 0.717) is 75.7 Å². The maximum absolute atomic E-state index is 14.3. The van der Waals surface area contributed by atoms with Crippen LogP contribution in [0.2, 0.25) is 0 Å². The number of nitrogens with one attached hydrogen (secondary N) is 4. The zero-order valence-corrected chi connectivity index (χ0v) is 68.2. The highest BCUT2D eigenvalue weighted by Gasteiger charge is 2.44. The Morgan fingerprint density at radius 2 is 0.787 bits per heavy atom. The molecule has 6 aromatic carbocycles. The average Bonchev–Trinajstić information content (AvgIpc) is 1.65. The van der Waals surface area contributed by atoms with Gasteiger partial charge in [0.1, 0.15) is 72.5 Å². The topological polar surface area (TPSA) is 430 Å². The summed E-state index contributed by atoms with van der Waals surface area (Å²) in [7, 11) is 3.48. The summed E-state index contributed by atoms with van der Waals surface area (Å²) < 4.78 is 114. The van der Waals surface area contributed by atoms with E-state index in [1.165, 1.54) is 94.7 Å². The summed E-state index contributed by atoms with van der Waals surface area (Å²) in [6.45, 7) is 5.58. The minimum Gasteiger partial charge on any atom is -0.458 e. The van der Waals surface area contributed by atoms with Crippen LogP contribution in [0.5, 0.6) is 35.5 Å². The number of anilines is 4. The Labute approximate surface area is 718 Å². The van der Waals surface area contributed by atoms with Crippen molar-refractivity contribution in [3.8, 4) is 58.3 Å².